The van der Waals surface area contributed by atoms with Crippen LogP contribution in [0.1, 0.15) is 296 Å². The summed E-state index contributed by atoms with van der Waals surface area (Å²) >= 11 is 0. The van der Waals surface area contributed by atoms with Crippen LogP contribution in [0.15, 0.2) is 48.6 Å². The average molecular weight is 869 g/mol. The van der Waals surface area contributed by atoms with Gasteiger partial charge in [0.05, 0.1) is 18.8 Å². The Bertz CT molecular complexity index is 985. The van der Waals surface area contributed by atoms with Gasteiger partial charge in [-0.05, 0) is 70.6 Å². The maximum absolute atomic E-state index is 12.5. The van der Waals surface area contributed by atoms with Gasteiger partial charge in [0.25, 0.3) is 0 Å². The highest BCUT2D eigenvalue weighted by Crippen LogP contribution is 2.16. The van der Waals surface area contributed by atoms with E-state index in [1.165, 1.54) is 238 Å². The van der Waals surface area contributed by atoms with E-state index in [0.717, 1.165) is 38.5 Å². The van der Waals surface area contributed by atoms with Gasteiger partial charge in [-0.3, -0.25) is 4.79 Å². The van der Waals surface area contributed by atoms with Crippen molar-refractivity contribution in [1.82, 2.24) is 5.32 Å². The molecule has 0 aromatic rings. The molecular weight excluding hydrogens is 759 g/mol. The predicted octanol–water partition coefficient (Wildman–Crippen LogP) is 18.3. The van der Waals surface area contributed by atoms with Gasteiger partial charge in [0.2, 0.25) is 5.91 Å². The highest BCUT2D eigenvalue weighted by molar-refractivity contribution is 5.76. The Morgan fingerprint density at radius 2 is 0.629 bits per heavy atom. The SMILES string of the molecule is CCCCCCCCCC/C=C\CCCCCCCCCCCCCCCC(=O)NC(CO)C(O)/C=C/CC/C=C/CC/C=C/CCCCCCCCCCCCCCCCC. The van der Waals surface area contributed by atoms with Crippen LogP contribution in [0.4, 0.5) is 0 Å². The van der Waals surface area contributed by atoms with Gasteiger partial charge >= 0.3 is 0 Å². The van der Waals surface area contributed by atoms with E-state index in [1.807, 2.05) is 6.08 Å². The van der Waals surface area contributed by atoms with Crippen molar-refractivity contribution >= 4 is 5.91 Å². The summed E-state index contributed by atoms with van der Waals surface area (Å²) in [6.07, 6.45) is 74.1. The molecule has 62 heavy (non-hydrogen) atoms. The molecule has 364 valence electrons. The van der Waals surface area contributed by atoms with Crippen molar-refractivity contribution in [3.63, 3.8) is 0 Å². The Morgan fingerprint density at radius 1 is 0.371 bits per heavy atom. The van der Waals surface area contributed by atoms with Crippen molar-refractivity contribution in [3.05, 3.63) is 48.6 Å². The number of aliphatic hydroxyl groups is 2. The van der Waals surface area contributed by atoms with E-state index in [2.05, 4.69) is 55.6 Å². The fourth-order valence-electron chi connectivity index (χ4n) is 8.50. The quantitative estimate of drug-likeness (QED) is 0.0421. The number of carbonyl (C=O) groups excluding carboxylic acids is 1. The van der Waals surface area contributed by atoms with Crippen LogP contribution in [0, 0.1) is 0 Å². The van der Waals surface area contributed by atoms with E-state index in [0.29, 0.717) is 6.42 Å². The standard InChI is InChI=1S/C58H109NO3/c1-3-5-7-9-11-13-15-17-19-21-23-25-27-29-31-33-35-37-39-41-43-45-47-49-51-53-57(61)56(55-60)59-58(62)54-52-50-48-46-44-42-40-38-36-34-32-30-28-26-24-22-20-18-16-14-12-10-8-6-4-2/h22,24,35,37,43,45,51,53,56-57,60-61H,3-21,23,25-34,36,38-42,44,46-50,52,54-55H2,1-2H3,(H,59,62)/b24-22-,37-35+,45-43+,53-51+. The predicted molar refractivity (Wildman–Crippen MR) is 276 cm³/mol. The summed E-state index contributed by atoms with van der Waals surface area (Å²) in [5, 5.41) is 23.1. The number of hydrogen-bond acceptors (Lipinski definition) is 3. The van der Waals surface area contributed by atoms with Crippen molar-refractivity contribution in [1.29, 1.82) is 0 Å². The Labute approximate surface area is 388 Å². The number of amides is 1. The summed E-state index contributed by atoms with van der Waals surface area (Å²) in [6, 6.07) is -0.646. The minimum atomic E-state index is -0.871. The number of aliphatic hydroxyl groups excluding tert-OH is 2. The third-order valence-corrected chi connectivity index (χ3v) is 12.8. The zero-order valence-electron chi connectivity index (χ0n) is 41.9. The molecule has 0 radical (unpaired) electrons. The van der Waals surface area contributed by atoms with Crippen molar-refractivity contribution in [2.45, 2.75) is 309 Å². The van der Waals surface area contributed by atoms with Gasteiger partial charge in [0.1, 0.15) is 0 Å². The molecule has 0 saturated heterocycles. The molecular formula is C58H109NO3. The highest BCUT2D eigenvalue weighted by Gasteiger charge is 2.18. The van der Waals surface area contributed by atoms with Crippen LogP contribution in [0.3, 0.4) is 0 Å². The minimum Gasteiger partial charge on any atom is -0.394 e. The van der Waals surface area contributed by atoms with Crippen LogP contribution in [-0.2, 0) is 4.79 Å². The van der Waals surface area contributed by atoms with E-state index in [9.17, 15) is 15.0 Å². The lowest BCUT2D eigenvalue weighted by Gasteiger charge is -2.19. The Balaban J connectivity index is 3.55. The molecule has 2 atom stereocenters. The molecule has 1 amide bonds. The maximum Gasteiger partial charge on any atom is 0.220 e. The maximum atomic E-state index is 12.5. The van der Waals surface area contributed by atoms with Crippen LogP contribution in [0.5, 0.6) is 0 Å². The van der Waals surface area contributed by atoms with Crippen molar-refractivity contribution in [3.8, 4) is 0 Å². The summed E-state index contributed by atoms with van der Waals surface area (Å²) in [5.41, 5.74) is 0. The molecule has 0 saturated carbocycles. The molecule has 4 nitrogen and oxygen atoms in total. The van der Waals surface area contributed by atoms with E-state index >= 15 is 0 Å². The van der Waals surface area contributed by atoms with E-state index < -0.39 is 12.1 Å². The first-order valence-electron chi connectivity index (χ1n) is 27.9. The second-order valence-electron chi connectivity index (χ2n) is 19.0. The zero-order valence-corrected chi connectivity index (χ0v) is 41.9. The van der Waals surface area contributed by atoms with Crippen LogP contribution >= 0.6 is 0 Å². The summed E-state index contributed by atoms with van der Waals surface area (Å²) < 4.78 is 0. The molecule has 0 aromatic carbocycles. The number of rotatable bonds is 51. The number of unbranched alkanes of at least 4 members (excludes halogenated alkanes) is 38. The van der Waals surface area contributed by atoms with Gasteiger partial charge in [0.15, 0.2) is 0 Å². The summed E-state index contributed by atoms with van der Waals surface area (Å²) in [5.74, 6) is -0.0751. The third kappa shape index (κ3) is 49.4. The fraction of sp³-hybridized carbons (Fsp3) is 0.845. The number of allylic oxidation sites excluding steroid dienone is 7. The Morgan fingerprint density at radius 3 is 0.935 bits per heavy atom. The summed E-state index contributed by atoms with van der Waals surface area (Å²) in [4.78, 5) is 12.5. The molecule has 3 N–H and O–H groups in total. The molecule has 0 bridgehead atoms. The van der Waals surface area contributed by atoms with Gasteiger partial charge < -0.3 is 15.5 Å². The molecule has 0 aliphatic carbocycles. The highest BCUT2D eigenvalue weighted by atomic mass is 16.3. The van der Waals surface area contributed by atoms with Crippen molar-refractivity contribution in [2.24, 2.45) is 0 Å². The molecule has 0 aromatic heterocycles. The first-order valence-corrected chi connectivity index (χ1v) is 27.9. The monoisotopic (exact) mass is 868 g/mol. The lowest BCUT2D eigenvalue weighted by atomic mass is 10.0. The zero-order chi connectivity index (χ0) is 44.9. The third-order valence-electron chi connectivity index (χ3n) is 12.8. The average Bonchev–Trinajstić information content (AvgIpc) is 3.28. The van der Waals surface area contributed by atoms with Gasteiger partial charge in [-0.2, -0.15) is 0 Å². The second-order valence-corrected chi connectivity index (χ2v) is 19.0. The largest absolute Gasteiger partial charge is 0.394 e. The Hall–Kier alpha value is -1.65. The van der Waals surface area contributed by atoms with Gasteiger partial charge in [-0.25, -0.2) is 0 Å². The van der Waals surface area contributed by atoms with Crippen LogP contribution in [0.25, 0.3) is 0 Å². The fourth-order valence-corrected chi connectivity index (χ4v) is 8.50. The molecule has 0 heterocycles. The van der Waals surface area contributed by atoms with Crippen molar-refractivity contribution < 1.29 is 15.0 Å². The Kier molecular flexibility index (Phi) is 52.3. The van der Waals surface area contributed by atoms with Gasteiger partial charge in [-0.1, -0.05) is 268 Å². The normalized spacial score (nSPS) is 13.2. The molecule has 0 aliphatic rings. The first kappa shape index (κ1) is 60.4. The van der Waals surface area contributed by atoms with E-state index in [1.54, 1.807) is 6.08 Å². The van der Waals surface area contributed by atoms with E-state index in [4.69, 9.17) is 0 Å². The van der Waals surface area contributed by atoms with Gasteiger partial charge in [0, 0.05) is 6.42 Å². The number of carbonyl (C=O) groups is 1. The van der Waals surface area contributed by atoms with Crippen LogP contribution < -0.4 is 5.32 Å². The summed E-state index contributed by atoms with van der Waals surface area (Å²) in [7, 11) is 0. The van der Waals surface area contributed by atoms with Crippen molar-refractivity contribution in [2.75, 3.05) is 6.61 Å². The molecule has 0 fully saturated rings. The molecule has 2 unspecified atom stereocenters. The van der Waals surface area contributed by atoms with Gasteiger partial charge in [-0.15, -0.1) is 0 Å². The van der Waals surface area contributed by atoms with E-state index in [-0.39, 0.29) is 12.5 Å². The number of hydrogen-bond donors (Lipinski definition) is 3. The number of nitrogens with one attached hydrogen (secondary N) is 1. The lowest BCUT2D eigenvalue weighted by Crippen LogP contribution is -2.45. The molecule has 0 aliphatic heterocycles. The first-order chi connectivity index (χ1) is 30.7. The molecule has 4 heteroatoms. The van der Waals surface area contributed by atoms with Crippen LogP contribution in [-0.4, -0.2) is 34.9 Å². The smallest absolute Gasteiger partial charge is 0.220 e. The minimum absolute atomic E-state index is 0.0751. The second kappa shape index (κ2) is 53.7. The topological polar surface area (TPSA) is 69.6 Å². The summed E-state index contributed by atoms with van der Waals surface area (Å²) in [6.45, 7) is 4.32. The molecule has 0 rings (SSSR count). The lowest BCUT2D eigenvalue weighted by molar-refractivity contribution is -0.123. The molecule has 0 spiro atoms. The van der Waals surface area contributed by atoms with Crippen LogP contribution in [0.2, 0.25) is 0 Å².